The minimum Gasteiger partial charge on any atom is -0.481 e. The minimum absolute atomic E-state index is 0.00177. The smallest absolute Gasteiger partial charge is 0.306 e. The number of rotatable bonds is 29. The fraction of sp³-hybridized carbons (Fsp3) is 0.938. The Morgan fingerprint density at radius 1 is 0.500 bits per heavy atom. The van der Waals surface area contributed by atoms with Gasteiger partial charge in [-0.1, -0.05) is 136 Å². The number of unbranched alkanes of at least 4 members (excludes halogenated alkanes) is 20. The molecule has 0 fully saturated rings. The molecule has 0 aliphatic heterocycles. The van der Waals surface area contributed by atoms with Gasteiger partial charge in [0.05, 0.1) is 0 Å². The van der Waals surface area contributed by atoms with Gasteiger partial charge in [-0.05, 0) is 38.5 Å². The fourth-order valence-corrected chi connectivity index (χ4v) is 4.95. The van der Waals surface area contributed by atoms with Gasteiger partial charge in [0.25, 0.3) is 0 Å². The second kappa shape index (κ2) is 28.5. The zero-order valence-electron chi connectivity index (χ0n) is 24.3. The van der Waals surface area contributed by atoms with Crippen molar-refractivity contribution >= 4 is 11.9 Å². The van der Waals surface area contributed by atoms with E-state index in [1.54, 1.807) is 0 Å². The molecule has 1 N–H and O–H groups in total. The average molecular weight is 511 g/mol. The maximum atomic E-state index is 12.5. The Morgan fingerprint density at radius 2 is 0.833 bits per heavy atom. The molecular formula is C32H62O4. The summed E-state index contributed by atoms with van der Waals surface area (Å²) in [5.41, 5.74) is 0. The number of aliphatic carboxylic acids is 1. The van der Waals surface area contributed by atoms with E-state index in [1.165, 1.54) is 96.3 Å². The first kappa shape index (κ1) is 34.9. The van der Waals surface area contributed by atoms with Gasteiger partial charge in [-0.15, -0.1) is 0 Å². The lowest BCUT2D eigenvalue weighted by Gasteiger charge is -2.18. The van der Waals surface area contributed by atoms with Crippen molar-refractivity contribution in [3.8, 4) is 0 Å². The van der Waals surface area contributed by atoms with E-state index in [1.807, 2.05) is 0 Å². The van der Waals surface area contributed by atoms with Crippen LogP contribution in [0.25, 0.3) is 0 Å². The Balaban J connectivity index is 3.86. The van der Waals surface area contributed by atoms with E-state index in [0.29, 0.717) is 6.42 Å². The normalized spacial score (nSPS) is 12.1. The molecule has 0 rings (SSSR count). The molecule has 0 unspecified atom stereocenters. The molecule has 0 aromatic carbocycles. The monoisotopic (exact) mass is 510 g/mol. The first-order chi connectivity index (χ1) is 17.6. The van der Waals surface area contributed by atoms with Gasteiger partial charge >= 0.3 is 11.9 Å². The molecule has 4 heteroatoms. The van der Waals surface area contributed by atoms with Gasteiger partial charge in [-0.25, -0.2) is 0 Å². The van der Waals surface area contributed by atoms with E-state index in [2.05, 4.69) is 13.8 Å². The van der Waals surface area contributed by atoms with Gasteiger partial charge in [0.15, 0.2) is 0 Å². The van der Waals surface area contributed by atoms with E-state index in [4.69, 9.17) is 9.84 Å². The topological polar surface area (TPSA) is 63.6 Å². The summed E-state index contributed by atoms with van der Waals surface area (Å²) < 4.78 is 5.91. The summed E-state index contributed by atoms with van der Waals surface area (Å²) in [5, 5.41) is 8.73. The van der Waals surface area contributed by atoms with Gasteiger partial charge in [-0.2, -0.15) is 0 Å². The lowest BCUT2D eigenvalue weighted by molar-refractivity contribution is -0.150. The standard InChI is InChI=1S/C32H62O4/c1-3-5-7-9-10-11-12-13-14-15-16-21-25-29-32(35)36-30(26-22-18-8-6-4-2)27-23-19-17-20-24-28-31(33)34/h30H,3-29H2,1-2H3,(H,33,34)/t30-/m1/s1. The number of hydrogen-bond acceptors (Lipinski definition) is 3. The maximum Gasteiger partial charge on any atom is 0.306 e. The van der Waals surface area contributed by atoms with E-state index in [-0.39, 0.29) is 18.5 Å². The van der Waals surface area contributed by atoms with Crippen LogP contribution < -0.4 is 0 Å². The molecule has 0 saturated carbocycles. The molecule has 214 valence electrons. The third-order valence-corrected chi connectivity index (χ3v) is 7.33. The van der Waals surface area contributed by atoms with Crippen molar-refractivity contribution in [2.75, 3.05) is 0 Å². The second-order valence-electron chi connectivity index (χ2n) is 11.0. The second-order valence-corrected chi connectivity index (χ2v) is 11.0. The zero-order valence-corrected chi connectivity index (χ0v) is 24.3. The molecule has 0 aromatic heterocycles. The van der Waals surface area contributed by atoms with Crippen molar-refractivity contribution in [1.29, 1.82) is 0 Å². The van der Waals surface area contributed by atoms with Gasteiger partial charge in [0.1, 0.15) is 6.10 Å². The lowest BCUT2D eigenvalue weighted by Crippen LogP contribution is -2.18. The van der Waals surface area contributed by atoms with Crippen LogP contribution in [0.3, 0.4) is 0 Å². The zero-order chi connectivity index (χ0) is 26.5. The highest BCUT2D eigenvalue weighted by Crippen LogP contribution is 2.18. The molecule has 0 spiro atoms. The van der Waals surface area contributed by atoms with Gasteiger partial charge in [-0.3, -0.25) is 9.59 Å². The molecule has 36 heavy (non-hydrogen) atoms. The van der Waals surface area contributed by atoms with Crippen molar-refractivity contribution in [3.63, 3.8) is 0 Å². The Labute approximate surface area is 224 Å². The van der Waals surface area contributed by atoms with Crippen LogP contribution in [0.15, 0.2) is 0 Å². The highest BCUT2D eigenvalue weighted by Gasteiger charge is 2.14. The molecule has 0 heterocycles. The maximum absolute atomic E-state index is 12.5. The third kappa shape index (κ3) is 27.5. The Kier molecular flexibility index (Phi) is 27.7. The number of carbonyl (C=O) groups is 2. The number of hydrogen-bond donors (Lipinski definition) is 1. The van der Waals surface area contributed by atoms with Gasteiger partial charge < -0.3 is 9.84 Å². The van der Waals surface area contributed by atoms with E-state index in [9.17, 15) is 9.59 Å². The molecule has 0 amide bonds. The molecule has 0 bridgehead atoms. The molecule has 0 aliphatic carbocycles. The summed E-state index contributed by atoms with van der Waals surface area (Å²) in [7, 11) is 0. The Morgan fingerprint density at radius 3 is 1.22 bits per heavy atom. The summed E-state index contributed by atoms with van der Waals surface area (Å²) in [4.78, 5) is 23.1. The van der Waals surface area contributed by atoms with Crippen LogP contribution in [0.5, 0.6) is 0 Å². The van der Waals surface area contributed by atoms with Crippen LogP contribution in [0, 0.1) is 0 Å². The summed E-state index contributed by atoms with van der Waals surface area (Å²) in [6, 6.07) is 0. The molecule has 0 saturated heterocycles. The van der Waals surface area contributed by atoms with Crippen LogP contribution in [0.1, 0.15) is 187 Å². The van der Waals surface area contributed by atoms with Crippen LogP contribution >= 0.6 is 0 Å². The van der Waals surface area contributed by atoms with Crippen LogP contribution in [0.4, 0.5) is 0 Å². The van der Waals surface area contributed by atoms with Crippen molar-refractivity contribution in [1.82, 2.24) is 0 Å². The van der Waals surface area contributed by atoms with Gasteiger partial charge in [0, 0.05) is 12.8 Å². The molecule has 0 aromatic rings. The third-order valence-electron chi connectivity index (χ3n) is 7.33. The summed E-state index contributed by atoms with van der Waals surface area (Å²) in [6.45, 7) is 4.51. The number of ether oxygens (including phenoxy) is 1. The largest absolute Gasteiger partial charge is 0.481 e. The molecular weight excluding hydrogens is 448 g/mol. The van der Waals surface area contributed by atoms with Crippen molar-refractivity contribution < 1.29 is 19.4 Å². The molecule has 0 aliphatic rings. The number of carboxylic acids is 1. The number of carbonyl (C=O) groups excluding carboxylic acids is 1. The SMILES string of the molecule is CCCCCCCCCCCCCCCC(=O)O[C@H](CCCCCCC)CCCCCCCC(=O)O. The Hall–Kier alpha value is -1.06. The van der Waals surface area contributed by atoms with E-state index < -0.39 is 5.97 Å². The first-order valence-electron chi connectivity index (χ1n) is 16.0. The van der Waals surface area contributed by atoms with Crippen LogP contribution in [0.2, 0.25) is 0 Å². The lowest BCUT2D eigenvalue weighted by atomic mass is 10.0. The summed E-state index contributed by atoms with van der Waals surface area (Å²) >= 11 is 0. The average Bonchev–Trinajstić information content (AvgIpc) is 2.85. The fourth-order valence-electron chi connectivity index (χ4n) is 4.95. The number of esters is 1. The van der Waals surface area contributed by atoms with Crippen molar-refractivity contribution in [2.45, 2.75) is 193 Å². The van der Waals surface area contributed by atoms with Crippen LogP contribution in [-0.4, -0.2) is 23.1 Å². The molecule has 4 nitrogen and oxygen atoms in total. The predicted molar refractivity (Wildman–Crippen MR) is 154 cm³/mol. The van der Waals surface area contributed by atoms with Crippen molar-refractivity contribution in [2.24, 2.45) is 0 Å². The van der Waals surface area contributed by atoms with Crippen LogP contribution in [-0.2, 0) is 14.3 Å². The first-order valence-corrected chi connectivity index (χ1v) is 16.0. The highest BCUT2D eigenvalue weighted by molar-refractivity contribution is 5.69. The highest BCUT2D eigenvalue weighted by atomic mass is 16.5. The van der Waals surface area contributed by atoms with Gasteiger partial charge in [0.2, 0.25) is 0 Å². The summed E-state index contributed by atoms with van der Waals surface area (Å²) in [5.74, 6) is -0.702. The summed E-state index contributed by atoms with van der Waals surface area (Å²) in [6.07, 6.45) is 31.2. The Bertz CT molecular complexity index is 477. The quantitative estimate of drug-likeness (QED) is 0.0802. The number of carboxylic acid groups (broad SMARTS) is 1. The molecule has 0 radical (unpaired) electrons. The van der Waals surface area contributed by atoms with Crippen molar-refractivity contribution in [3.05, 3.63) is 0 Å². The predicted octanol–water partition coefficient (Wildman–Crippen LogP) is 10.6. The molecule has 1 atom stereocenters. The van der Waals surface area contributed by atoms with E-state index >= 15 is 0 Å². The minimum atomic E-state index is -0.700. The van der Waals surface area contributed by atoms with E-state index in [0.717, 1.165) is 64.2 Å².